The molecular weight excluding hydrogens is 126 g/mol. The van der Waals surface area contributed by atoms with Crippen molar-refractivity contribution in [2.75, 3.05) is 33.7 Å². The molecule has 0 rings (SSSR count). The normalized spacial score (nSPS) is 9.20. The average molecular weight is 142 g/mol. The van der Waals surface area contributed by atoms with Gasteiger partial charge in [0.1, 0.15) is 0 Å². The van der Waals surface area contributed by atoms with Crippen LogP contribution in [-0.2, 0) is 0 Å². The maximum atomic E-state index is 3.96. The second-order valence-corrected chi connectivity index (χ2v) is 2.41. The fourth-order valence-electron chi connectivity index (χ4n) is 0.450. The molecule has 0 amide bonds. The molecule has 0 aliphatic heterocycles. The molecule has 1 N–H and O–H groups in total. The quantitative estimate of drug-likeness (QED) is 0.504. The summed E-state index contributed by atoms with van der Waals surface area (Å²) in [6.07, 6.45) is 0. The van der Waals surface area contributed by atoms with Crippen molar-refractivity contribution in [3.63, 3.8) is 0 Å². The molecule has 58 valence electrons. The third kappa shape index (κ3) is 7.34. The van der Waals surface area contributed by atoms with E-state index in [-0.39, 0.29) is 0 Å². The standard InChI is InChI=1S/C7H15N3/c1-4-8-7-9-5-6-10(2)3/h4-6H2,1-3H3/p+1. The smallest absolute Gasteiger partial charge is 0.0990 e. The SMILES string of the molecule is CCN=C=NCC[NH+](C)C. The predicted octanol–water partition coefficient (Wildman–Crippen LogP) is -0.675. The second kappa shape index (κ2) is 6.46. The van der Waals surface area contributed by atoms with E-state index in [0.717, 1.165) is 19.6 Å². The molecule has 0 aromatic carbocycles. The summed E-state index contributed by atoms with van der Waals surface area (Å²) in [5, 5.41) is 0. The summed E-state index contributed by atoms with van der Waals surface area (Å²) in [6, 6.07) is 2.63. The molecule has 10 heavy (non-hydrogen) atoms. The lowest BCUT2D eigenvalue weighted by Gasteiger charge is -2.01. The fraction of sp³-hybridized carbons (Fsp3) is 0.857. The van der Waals surface area contributed by atoms with E-state index in [4.69, 9.17) is 0 Å². The zero-order valence-corrected chi connectivity index (χ0v) is 7.02. The van der Waals surface area contributed by atoms with Crippen LogP contribution in [0.3, 0.4) is 0 Å². The molecular formula is C7H16N3+. The van der Waals surface area contributed by atoms with E-state index in [1.807, 2.05) is 6.92 Å². The maximum Gasteiger partial charge on any atom is 0.0990 e. The first-order valence-corrected chi connectivity index (χ1v) is 3.64. The Morgan fingerprint density at radius 1 is 1.30 bits per heavy atom. The van der Waals surface area contributed by atoms with Gasteiger partial charge in [-0.2, -0.15) is 0 Å². The van der Waals surface area contributed by atoms with Gasteiger partial charge >= 0.3 is 0 Å². The number of hydrogen-bond acceptors (Lipinski definition) is 2. The molecule has 0 saturated carbocycles. The van der Waals surface area contributed by atoms with Gasteiger partial charge in [-0.25, -0.2) is 9.98 Å². The van der Waals surface area contributed by atoms with Gasteiger partial charge in [0, 0.05) is 6.54 Å². The van der Waals surface area contributed by atoms with Crippen molar-refractivity contribution in [3.05, 3.63) is 0 Å². The van der Waals surface area contributed by atoms with Gasteiger partial charge in [0.25, 0.3) is 0 Å². The van der Waals surface area contributed by atoms with Crippen LogP contribution in [-0.4, -0.2) is 39.7 Å². The highest BCUT2D eigenvalue weighted by atomic mass is 15.1. The van der Waals surface area contributed by atoms with Crippen molar-refractivity contribution < 1.29 is 4.90 Å². The molecule has 0 aromatic rings. The summed E-state index contributed by atoms with van der Waals surface area (Å²) in [5.41, 5.74) is 0. The van der Waals surface area contributed by atoms with E-state index in [1.54, 1.807) is 0 Å². The minimum Gasteiger partial charge on any atom is -0.338 e. The highest BCUT2D eigenvalue weighted by Crippen LogP contribution is 1.61. The highest BCUT2D eigenvalue weighted by molar-refractivity contribution is 5.40. The molecule has 0 aliphatic carbocycles. The third-order valence-electron chi connectivity index (χ3n) is 1.02. The van der Waals surface area contributed by atoms with Crippen LogP contribution in [0.4, 0.5) is 0 Å². The topological polar surface area (TPSA) is 29.2 Å². The zero-order valence-electron chi connectivity index (χ0n) is 7.02. The summed E-state index contributed by atoms with van der Waals surface area (Å²) in [5.74, 6) is 0. The van der Waals surface area contributed by atoms with Crippen LogP contribution < -0.4 is 4.90 Å². The molecule has 0 unspecified atom stereocenters. The summed E-state index contributed by atoms with van der Waals surface area (Å²) in [4.78, 5) is 9.21. The van der Waals surface area contributed by atoms with Crippen molar-refractivity contribution in [1.29, 1.82) is 0 Å². The highest BCUT2D eigenvalue weighted by Gasteiger charge is 1.87. The Morgan fingerprint density at radius 3 is 2.50 bits per heavy atom. The van der Waals surface area contributed by atoms with Crippen LogP contribution in [0.5, 0.6) is 0 Å². The molecule has 3 heteroatoms. The number of nitrogens with one attached hydrogen (secondary N) is 1. The first kappa shape index (κ1) is 9.34. The Morgan fingerprint density at radius 2 is 2.00 bits per heavy atom. The molecule has 0 bridgehead atoms. The number of likely N-dealkylation sites (N-methyl/N-ethyl adjacent to an activating group) is 1. The number of rotatable bonds is 4. The molecule has 0 radical (unpaired) electrons. The minimum absolute atomic E-state index is 0.776. The van der Waals surface area contributed by atoms with Crippen LogP contribution in [0, 0.1) is 0 Å². The van der Waals surface area contributed by atoms with E-state index < -0.39 is 0 Å². The van der Waals surface area contributed by atoms with Crippen LogP contribution >= 0.6 is 0 Å². The van der Waals surface area contributed by atoms with Crippen LogP contribution in [0.15, 0.2) is 9.98 Å². The lowest BCUT2D eigenvalue weighted by Crippen LogP contribution is -3.06. The molecule has 0 spiro atoms. The molecule has 3 nitrogen and oxygen atoms in total. The van der Waals surface area contributed by atoms with Gasteiger partial charge in [0.2, 0.25) is 0 Å². The summed E-state index contributed by atoms with van der Waals surface area (Å²) >= 11 is 0. The Balaban J connectivity index is 3.26. The van der Waals surface area contributed by atoms with E-state index in [1.165, 1.54) is 4.90 Å². The van der Waals surface area contributed by atoms with Crippen molar-refractivity contribution in [1.82, 2.24) is 0 Å². The Hall–Kier alpha value is -0.660. The Labute approximate surface area is 62.5 Å². The molecule has 0 aromatic heterocycles. The first-order chi connectivity index (χ1) is 4.77. The van der Waals surface area contributed by atoms with Crippen molar-refractivity contribution in [2.24, 2.45) is 9.98 Å². The van der Waals surface area contributed by atoms with Crippen LogP contribution in [0.1, 0.15) is 6.92 Å². The molecule has 0 heterocycles. The van der Waals surface area contributed by atoms with Gasteiger partial charge in [-0.3, -0.25) is 0 Å². The molecule has 0 fully saturated rings. The van der Waals surface area contributed by atoms with Crippen molar-refractivity contribution in [2.45, 2.75) is 6.92 Å². The Kier molecular flexibility index (Phi) is 6.03. The summed E-state index contributed by atoms with van der Waals surface area (Å²) < 4.78 is 0. The van der Waals surface area contributed by atoms with Gasteiger partial charge < -0.3 is 4.90 Å². The van der Waals surface area contributed by atoms with Crippen molar-refractivity contribution in [3.8, 4) is 0 Å². The molecule has 0 atom stereocenters. The van der Waals surface area contributed by atoms with Gasteiger partial charge in [-0.05, 0) is 6.92 Å². The van der Waals surface area contributed by atoms with Gasteiger partial charge in [0.15, 0.2) is 0 Å². The zero-order chi connectivity index (χ0) is 7.82. The van der Waals surface area contributed by atoms with E-state index in [2.05, 4.69) is 30.1 Å². The predicted molar refractivity (Wildman–Crippen MR) is 42.9 cm³/mol. The maximum absolute atomic E-state index is 3.96. The minimum atomic E-state index is 0.776. The van der Waals surface area contributed by atoms with Crippen LogP contribution in [0.2, 0.25) is 0 Å². The largest absolute Gasteiger partial charge is 0.338 e. The average Bonchev–Trinajstić information content (AvgIpc) is 1.87. The lowest BCUT2D eigenvalue weighted by molar-refractivity contribution is -0.856. The van der Waals surface area contributed by atoms with Gasteiger partial charge in [0.05, 0.1) is 33.2 Å². The molecule has 0 aliphatic rings. The Bertz CT molecular complexity index is 123. The van der Waals surface area contributed by atoms with E-state index in [0.29, 0.717) is 0 Å². The number of aliphatic imine (C=N–C) groups is 2. The van der Waals surface area contributed by atoms with Crippen molar-refractivity contribution >= 4 is 6.01 Å². The second-order valence-electron chi connectivity index (χ2n) is 2.41. The van der Waals surface area contributed by atoms with E-state index >= 15 is 0 Å². The third-order valence-corrected chi connectivity index (χ3v) is 1.02. The molecule has 0 saturated heterocycles. The summed E-state index contributed by atoms with van der Waals surface area (Å²) in [7, 11) is 4.21. The number of hydrogen-bond donors (Lipinski definition) is 1. The van der Waals surface area contributed by atoms with Gasteiger partial charge in [-0.1, -0.05) is 0 Å². The van der Waals surface area contributed by atoms with Crippen LogP contribution in [0.25, 0.3) is 0 Å². The first-order valence-electron chi connectivity index (χ1n) is 3.64. The summed E-state index contributed by atoms with van der Waals surface area (Å²) in [6.45, 7) is 4.62. The van der Waals surface area contributed by atoms with E-state index in [9.17, 15) is 0 Å². The number of nitrogens with zero attached hydrogens (tertiary/aromatic N) is 2. The monoisotopic (exact) mass is 142 g/mol. The fourth-order valence-corrected chi connectivity index (χ4v) is 0.450. The lowest BCUT2D eigenvalue weighted by atomic mass is 10.6. The number of quaternary nitrogens is 1. The van der Waals surface area contributed by atoms with Gasteiger partial charge in [-0.15, -0.1) is 0 Å².